The zero-order valence-electron chi connectivity index (χ0n) is 5.49. The van der Waals surface area contributed by atoms with Crippen molar-refractivity contribution in [3.8, 4) is 5.19 Å². The van der Waals surface area contributed by atoms with Crippen LogP contribution in [0.3, 0.4) is 0 Å². The summed E-state index contributed by atoms with van der Waals surface area (Å²) in [6.45, 7) is 0.718. The Balaban J connectivity index is 2.15. The Bertz CT molecular complexity index is 164. The van der Waals surface area contributed by atoms with Gasteiger partial charge in [-0.25, -0.2) is 4.98 Å². The van der Waals surface area contributed by atoms with Gasteiger partial charge in [-0.05, 0) is 0 Å². The molecule has 0 fully saturated rings. The number of thiazole rings is 1. The molecule has 0 unspecified atom stereocenters. The molecule has 1 rings (SSSR count). The van der Waals surface area contributed by atoms with Gasteiger partial charge in [-0.3, -0.25) is 0 Å². The summed E-state index contributed by atoms with van der Waals surface area (Å²) in [4.78, 5) is 3.90. The first kappa shape index (κ1) is 7.50. The second-order valence-electron chi connectivity index (χ2n) is 1.72. The number of hydrogen-bond donors (Lipinski definition) is 1. The third-order valence-electron chi connectivity index (χ3n) is 0.938. The van der Waals surface area contributed by atoms with Gasteiger partial charge in [0.1, 0.15) is 0 Å². The van der Waals surface area contributed by atoms with Gasteiger partial charge in [0.2, 0.25) is 0 Å². The number of ether oxygens (including phenoxy) is 1. The average Bonchev–Trinajstić information content (AvgIpc) is 2.41. The van der Waals surface area contributed by atoms with Crippen molar-refractivity contribution in [3.05, 3.63) is 11.6 Å². The Hall–Kier alpha value is -0.610. The molecule has 0 radical (unpaired) electrons. The third kappa shape index (κ3) is 2.33. The van der Waals surface area contributed by atoms with Crippen LogP contribution in [0, 0.1) is 0 Å². The molecule has 0 atom stereocenters. The van der Waals surface area contributed by atoms with Gasteiger partial charge in [-0.15, -0.1) is 0 Å². The van der Waals surface area contributed by atoms with Crippen LogP contribution < -0.4 is 4.74 Å². The van der Waals surface area contributed by atoms with Gasteiger partial charge >= 0.3 is 0 Å². The normalized spacial score (nSPS) is 9.70. The van der Waals surface area contributed by atoms with Crippen LogP contribution in [-0.4, -0.2) is 23.3 Å². The summed E-state index contributed by atoms with van der Waals surface area (Å²) in [6, 6.07) is 0. The maximum absolute atomic E-state index is 8.40. The Morgan fingerprint density at radius 2 is 2.60 bits per heavy atom. The minimum absolute atomic E-state index is 0.172. The zero-order chi connectivity index (χ0) is 7.23. The van der Waals surface area contributed by atoms with E-state index in [0.29, 0.717) is 18.2 Å². The lowest BCUT2D eigenvalue weighted by atomic mass is 10.5. The number of aliphatic hydroxyl groups is 1. The lowest BCUT2D eigenvalue weighted by Crippen LogP contribution is -1.98. The van der Waals surface area contributed by atoms with Crippen molar-refractivity contribution in [1.82, 2.24) is 4.98 Å². The van der Waals surface area contributed by atoms with Crippen molar-refractivity contribution in [2.24, 2.45) is 0 Å². The van der Waals surface area contributed by atoms with Crippen LogP contribution in [0.2, 0.25) is 0 Å². The van der Waals surface area contributed by atoms with Crippen molar-refractivity contribution < 1.29 is 9.84 Å². The number of nitrogens with zero attached hydrogens (tertiary/aromatic N) is 1. The maximum Gasteiger partial charge on any atom is 0.273 e. The molecule has 0 saturated carbocycles. The molecule has 1 aromatic rings. The maximum atomic E-state index is 8.40. The molecule has 0 aromatic carbocycles. The molecule has 1 heterocycles. The van der Waals surface area contributed by atoms with E-state index in [2.05, 4.69) is 4.98 Å². The standard InChI is InChI=1S/C6H9NO2S/c8-3-1-4-9-6-7-2-5-10-6/h2,5,8H,1,3-4H2. The van der Waals surface area contributed by atoms with Crippen molar-refractivity contribution in [1.29, 1.82) is 0 Å². The van der Waals surface area contributed by atoms with E-state index < -0.39 is 0 Å². The van der Waals surface area contributed by atoms with Crippen molar-refractivity contribution in [3.63, 3.8) is 0 Å². The fourth-order valence-corrected chi connectivity index (χ4v) is 1.02. The highest BCUT2D eigenvalue weighted by molar-refractivity contribution is 7.11. The van der Waals surface area contributed by atoms with Crippen LogP contribution in [0.4, 0.5) is 0 Å². The van der Waals surface area contributed by atoms with Gasteiger partial charge in [0.05, 0.1) is 6.61 Å². The van der Waals surface area contributed by atoms with Crippen molar-refractivity contribution in [2.45, 2.75) is 6.42 Å². The van der Waals surface area contributed by atoms with Gasteiger partial charge < -0.3 is 9.84 Å². The molecular weight excluding hydrogens is 150 g/mol. The second-order valence-corrected chi connectivity index (χ2v) is 2.58. The first-order valence-corrected chi connectivity index (χ1v) is 3.94. The number of aliphatic hydroxyl groups excluding tert-OH is 1. The average molecular weight is 159 g/mol. The van der Waals surface area contributed by atoms with Gasteiger partial charge in [0.25, 0.3) is 5.19 Å². The summed E-state index contributed by atoms with van der Waals surface area (Å²) >= 11 is 1.46. The molecule has 3 nitrogen and oxygen atoms in total. The molecule has 10 heavy (non-hydrogen) atoms. The zero-order valence-corrected chi connectivity index (χ0v) is 6.30. The van der Waals surface area contributed by atoms with Gasteiger partial charge in [-0.1, -0.05) is 11.3 Å². The molecule has 0 amide bonds. The summed E-state index contributed by atoms with van der Waals surface area (Å²) in [5.74, 6) is 0. The Morgan fingerprint density at radius 3 is 3.20 bits per heavy atom. The minimum Gasteiger partial charge on any atom is -0.470 e. The van der Waals surface area contributed by atoms with E-state index in [4.69, 9.17) is 9.84 Å². The van der Waals surface area contributed by atoms with E-state index in [1.807, 2.05) is 5.38 Å². The quantitative estimate of drug-likeness (QED) is 0.664. The highest BCUT2D eigenvalue weighted by Gasteiger charge is 1.92. The molecule has 0 spiro atoms. The van der Waals surface area contributed by atoms with Crippen LogP contribution in [0.5, 0.6) is 5.19 Å². The van der Waals surface area contributed by atoms with E-state index in [-0.39, 0.29) is 6.61 Å². The predicted molar refractivity (Wildman–Crippen MR) is 39.3 cm³/mol. The molecule has 0 aliphatic rings. The van der Waals surface area contributed by atoms with E-state index in [9.17, 15) is 0 Å². The topological polar surface area (TPSA) is 42.4 Å². The molecule has 4 heteroatoms. The van der Waals surface area contributed by atoms with Crippen LogP contribution in [-0.2, 0) is 0 Å². The number of rotatable bonds is 4. The molecular formula is C6H9NO2S. The molecule has 0 saturated heterocycles. The summed E-state index contributed by atoms with van der Waals surface area (Å²) in [7, 11) is 0. The lowest BCUT2D eigenvalue weighted by Gasteiger charge is -1.97. The van der Waals surface area contributed by atoms with Crippen molar-refractivity contribution in [2.75, 3.05) is 13.2 Å². The van der Waals surface area contributed by atoms with Crippen LogP contribution in [0.1, 0.15) is 6.42 Å². The molecule has 0 aliphatic carbocycles. The smallest absolute Gasteiger partial charge is 0.273 e. The van der Waals surface area contributed by atoms with Crippen molar-refractivity contribution >= 4 is 11.3 Å². The highest BCUT2D eigenvalue weighted by atomic mass is 32.1. The Labute approximate surface area is 63.3 Å². The fraction of sp³-hybridized carbons (Fsp3) is 0.500. The monoisotopic (exact) mass is 159 g/mol. The van der Waals surface area contributed by atoms with E-state index in [1.165, 1.54) is 11.3 Å². The summed E-state index contributed by atoms with van der Waals surface area (Å²) in [5, 5.41) is 10.9. The minimum atomic E-state index is 0.172. The highest BCUT2D eigenvalue weighted by Crippen LogP contribution is 2.12. The van der Waals surface area contributed by atoms with Gasteiger partial charge in [-0.2, -0.15) is 0 Å². The lowest BCUT2D eigenvalue weighted by molar-refractivity contribution is 0.233. The summed E-state index contributed by atoms with van der Waals surface area (Å²) in [5.41, 5.74) is 0. The molecule has 0 bridgehead atoms. The van der Waals surface area contributed by atoms with Crippen LogP contribution >= 0.6 is 11.3 Å². The van der Waals surface area contributed by atoms with E-state index >= 15 is 0 Å². The Morgan fingerprint density at radius 1 is 1.70 bits per heavy atom. The third-order valence-corrected chi connectivity index (χ3v) is 1.62. The van der Waals surface area contributed by atoms with Crippen LogP contribution in [0.15, 0.2) is 11.6 Å². The second kappa shape index (κ2) is 4.24. The first-order chi connectivity index (χ1) is 4.93. The molecule has 0 aliphatic heterocycles. The molecule has 1 N–H and O–H groups in total. The summed E-state index contributed by atoms with van der Waals surface area (Å²) in [6.07, 6.45) is 2.36. The SMILES string of the molecule is OCCCOc1nccs1. The van der Waals surface area contributed by atoms with Crippen LogP contribution in [0.25, 0.3) is 0 Å². The van der Waals surface area contributed by atoms with Gasteiger partial charge in [0.15, 0.2) is 0 Å². The van der Waals surface area contributed by atoms with Gasteiger partial charge in [0, 0.05) is 24.6 Å². The fourth-order valence-electron chi connectivity index (χ4n) is 0.506. The Kier molecular flexibility index (Phi) is 3.18. The summed E-state index contributed by atoms with van der Waals surface area (Å²) < 4.78 is 5.13. The largest absolute Gasteiger partial charge is 0.470 e. The molecule has 56 valence electrons. The first-order valence-electron chi connectivity index (χ1n) is 3.06. The van der Waals surface area contributed by atoms with E-state index in [1.54, 1.807) is 6.20 Å². The molecule has 1 aromatic heterocycles. The number of aromatic nitrogens is 1. The number of hydrogen-bond acceptors (Lipinski definition) is 4. The predicted octanol–water partition coefficient (Wildman–Crippen LogP) is 0.904. The van der Waals surface area contributed by atoms with E-state index in [0.717, 1.165) is 0 Å².